The van der Waals surface area contributed by atoms with Gasteiger partial charge in [0, 0.05) is 24.9 Å². The predicted octanol–water partition coefficient (Wildman–Crippen LogP) is 3.75. The van der Waals surface area contributed by atoms with Gasteiger partial charge in [0.1, 0.15) is 11.6 Å². The maximum absolute atomic E-state index is 12.5. The molecule has 2 heterocycles. The number of rotatable bonds is 3. The highest BCUT2D eigenvalue weighted by Gasteiger charge is 2.34. The molecule has 0 unspecified atom stereocenters. The second kappa shape index (κ2) is 5.83. The van der Waals surface area contributed by atoms with Crippen molar-refractivity contribution in [1.82, 2.24) is 9.97 Å². The number of aromatic nitrogens is 2. The zero-order valence-electron chi connectivity index (χ0n) is 13.1. The Labute approximate surface area is 144 Å². The first-order valence-corrected chi connectivity index (χ1v) is 8.12. The van der Waals surface area contributed by atoms with Crippen molar-refractivity contribution in [1.29, 1.82) is 0 Å². The predicted molar refractivity (Wildman–Crippen MR) is 93.8 cm³/mol. The van der Waals surface area contributed by atoms with E-state index < -0.39 is 0 Å². The molecule has 1 aliphatic heterocycles. The number of H-pyrrole nitrogens is 1. The molecule has 0 spiro atoms. The van der Waals surface area contributed by atoms with Crippen LogP contribution in [0.1, 0.15) is 18.2 Å². The van der Waals surface area contributed by atoms with Crippen LogP contribution >= 0.6 is 11.6 Å². The van der Waals surface area contributed by atoms with Gasteiger partial charge in [-0.1, -0.05) is 23.7 Å². The van der Waals surface area contributed by atoms with E-state index in [1.165, 1.54) is 0 Å². The molecular weight excluding hydrogens is 326 g/mol. The van der Waals surface area contributed by atoms with E-state index in [0.29, 0.717) is 29.4 Å². The fourth-order valence-electron chi connectivity index (χ4n) is 3.12. The standard InChI is InChI=1S/C18H16ClN3O2/c1-24-12-6-7-13(19)16(9-12)22-10-11(8-17(22)23)18-20-14-4-2-3-5-15(14)21-18/h2-7,9,11H,8,10H2,1H3,(H,20,21)/t11-/m0/s1. The number of methoxy groups -OCH3 is 1. The van der Waals surface area contributed by atoms with E-state index in [1.807, 2.05) is 24.3 Å². The summed E-state index contributed by atoms with van der Waals surface area (Å²) in [6.07, 6.45) is 0.410. The van der Waals surface area contributed by atoms with E-state index in [2.05, 4.69) is 9.97 Å². The Morgan fingerprint density at radius 1 is 1.29 bits per heavy atom. The molecule has 3 aromatic rings. The van der Waals surface area contributed by atoms with Crippen molar-refractivity contribution in [2.24, 2.45) is 0 Å². The fraction of sp³-hybridized carbons (Fsp3) is 0.222. The minimum absolute atomic E-state index is 0.0205. The van der Waals surface area contributed by atoms with Gasteiger partial charge in [0.25, 0.3) is 0 Å². The molecule has 1 aliphatic rings. The molecule has 122 valence electrons. The Balaban J connectivity index is 1.65. The maximum atomic E-state index is 12.5. The number of aromatic amines is 1. The van der Waals surface area contributed by atoms with Crippen molar-refractivity contribution in [3.05, 3.63) is 53.3 Å². The van der Waals surface area contributed by atoms with Gasteiger partial charge in [0.2, 0.25) is 5.91 Å². The van der Waals surface area contributed by atoms with Crippen LogP contribution in [0.15, 0.2) is 42.5 Å². The van der Waals surface area contributed by atoms with Crippen LogP contribution in [0.4, 0.5) is 5.69 Å². The first-order valence-electron chi connectivity index (χ1n) is 7.74. The van der Waals surface area contributed by atoms with Crippen molar-refractivity contribution in [3.8, 4) is 5.75 Å². The first-order chi connectivity index (χ1) is 11.7. The van der Waals surface area contributed by atoms with E-state index in [4.69, 9.17) is 16.3 Å². The number of nitrogens with one attached hydrogen (secondary N) is 1. The molecule has 2 aromatic carbocycles. The van der Waals surface area contributed by atoms with Gasteiger partial charge in [-0.25, -0.2) is 4.98 Å². The summed E-state index contributed by atoms with van der Waals surface area (Å²) in [5.41, 5.74) is 2.58. The lowest BCUT2D eigenvalue weighted by Gasteiger charge is -2.18. The Morgan fingerprint density at radius 3 is 2.92 bits per heavy atom. The SMILES string of the molecule is COc1ccc(Cl)c(N2C[C@@H](c3nc4ccccc4[nH]3)CC2=O)c1. The number of para-hydroxylation sites is 2. The Kier molecular flexibility index (Phi) is 3.65. The Bertz CT molecular complexity index is 889. The number of imidazole rings is 1. The number of fused-ring (bicyclic) bond motifs is 1. The number of nitrogens with zero attached hydrogens (tertiary/aromatic N) is 2. The molecule has 1 saturated heterocycles. The molecule has 1 N–H and O–H groups in total. The molecule has 1 fully saturated rings. The molecule has 0 radical (unpaired) electrons. The molecule has 4 rings (SSSR count). The minimum Gasteiger partial charge on any atom is -0.497 e. The second-order valence-corrected chi connectivity index (χ2v) is 6.27. The molecular formula is C18H16ClN3O2. The zero-order valence-corrected chi connectivity index (χ0v) is 13.9. The number of hydrogen-bond acceptors (Lipinski definition) is 3. The third-order valence-electron chi connectivity index (χ3n) is 4.36. The van der Waals surface area contributed by atoms with E-state index in [9.17, 15) is 4.79 Å². The van der Waals surface area contributed by atoms with Crippen LogP contribution in [-0.4, -0.2) is 29.5 Å². The molecule has 5 nitrogen and oxygen atoms in total. The van der Waals surface area contributed by atoms with Crippen LogP contribution in [0.25, 0.3) is 11.0 Å². The molecule has 0 bridgehead atoms. The average molecular weight is 342 g/mol. The van der Waals surface area contributed by atoms with Gasteiger partial charge in [-0.05, 0) is 24.3 Å². The summed E-state index contributed by atoms with van der Waals surface area (Å²) < 4.78 is 5.24. The molecule has 0 aliphatic carbocycles. The summed E-state index contributed by atoms with van der Waals surface area (Å²) in [5.74, 6) is 1.57. The van der Waals surface area contributed by atoms with Crippen LogP contribution < -0.4 is 9.64 Å². The lowest BCUT2D eigenvalue weighted by Crippen LogP contribution is -2.24. The number of amides is 1. The highest BCUT2D eigenvalue weighted by molar-refractivity contribution is 6.34. The number of ether oxygens (including phenoxy) is 1. The van der Waals surface area contributed by atoms with Gasteiger partial charge in [0.15, 0.2) is 0 Å². The van der Waals surface area contributed by atoms with Crippen LogP contribution in [0.3, 0.4) is 0 Å². The van der Waals surface area contributed by atoms with E-state index in [-0.39, 0.29) is 11.8 Å². The van der Waals surface area contributed by atoms with Crippen molar-refractivity contribution < 1.29 is 9.53 Å². The topological polar surface area (TPSA) is 58.2 Å². The number of benzene rings is 2. The van der Waals surface area contributed by atoms with Gasteiger partial charge >= 0.3 is 0 Å². The summed E-state index contributed by atoms with van der Waals surface area (Å²) in [4.78, 5) is 22.2. The quantitative estimate of drug-likeness (QED) is 0.789. The number of anilines is 1. The van der Waals surface area contributed by atoms with Gasteiger partial charge in [-0.3, -0.25) is 4.79 Å². The van der Waals surface area contributed by atoms with Crippen LogP contribution in [-0.2, 0) is 4.79 Å². The van der Waals surface area contributed by atoms with Gasteiger partial charge in [-0.2, -0.15) is 0 Å². The lowest BCUT2D eigenvalue weighted by molar-refractivity contribution is -0.117. The highest BCUT2D eigenvalue weighted by Crippen LogP contribution is 2.36. The van der Waals surface area contributed by atoms with Crippen LogP contribution in [0.2, 0.25) is 5.02 Å². The van der Waals surface area contributed by atoms with Crippen LogP contribution in [0.5, 0.6) is 5.75 Å². The maximum Gasteiger partial charge on any atom is 0.227 e. The number of carbonyl (C=O) groups excluding carboxylic acids is 1. The molecule has 24 heavy (non-hydrogen) atoms. The molecule has 6 heteroatoms. The van der Waals surface area contributed by atoms with Crippen molar-refractivity contribution >= 4 is 34.2 Å². The fourth-order valence-corrected chi connectivity index (χ4v) is 3.34. The first kappa shape index (κ1) is 15.0. The summed E-state index contributed by atoms with van der Waals surface area (Å²) in [6.45, 7) is 0.547. The third-order valence-corrected chi connectivity index (χ3v) is 4.68. The normalized spacial score (nSPS) is 17.7. The largest absolute Gasteiger partial charge is 0.497 e. The van der Waals surface area contributed by atoms with Crippen molar-refractivity contribution in [2.75, 3.05) is 18.6 Å². The monoisotopic (exact) mass is 341 g/mol. The third kappa shape index (κ3) is 2.51. The summed E-state index contributed by atoms with van der Waals surface area (Å²) in [7, 11) is 1.59. The smallest absolute Gasteiger partial charge is 0.227 e. The summed E-state index contributed by atoms with van der Waals surface area (Å²) >= 11 is 6.28. The average Bonchev–Trinajstić information content (AvgIpc) is 3.19. The van der Waals surface area contributed by atoms with Gasteiger partial charge in [0.05, 0.1) is 28.9 Å². The number of hydrogen-bond donors (Lipinski definition) is 1. The van der Waals surface area contributed by atoms with Crippen molar-refractivity contribution in [2.45, 2.75) is 12.3 Å². The van der Waals surface area contributed by atoms with E-state index in [1.54, 1.807) is 30.2 Å². The Hall–Kier alpha value is -2.53. The lowest BCUT2D eigenvalue weighted by atomic mass is 10.1. The van der Waals surface area contributed by atoms with Gasteiger partial charge in [-0.15, -0.1) is 0 Å². The van der Waals surface area contributed by atoms with E-state index in [0.717, 1.165) is 16.9 Å². The number of carbonyl (C=O) groups is 1. The van der Waals surface area contributed by atoms with Crippen LogP contribution in [0, 0.1) is 0 Å². The summed E-state index contributed by atoms with van der Waals surface area (Å²) in [5, 5.41) is 0.536. The molecule has 0 saturated carbocycles. The van der Waals surface area contributed by atoms with E-state index >= 15 is 0 Å². The summed E-state index contributed by atoms with van der Waals surface area (Å²) in [6, 6.07) is 13.2. The minimum atomic E-state index is 0.0205. The van der Waals surface area contributed by atoms with Crippen molar-refractivity contribution in [3.63, 3.8) is 0 Å². The molecule has 1 atom stereocenters. The molecule has 1 aromatic heterocycles. The second-order valence-electron chi connectivity index (χ2n) is 5.86. The van der Waals surface area contributed by atoms with Gasteiger partial charge < -0.3 is 14.6 Å². The number of halogens is 1. The highest BCUT2D eigenvalue weighted by atomic mass is 35.5. The zero-order chi connectivity index (χ0) is 16.7. The molecule has 1 amide bonds. The Morgan fingerprint density at radius 2 is 2.12 bits per heavy atom.